The van der Waals surface area contributed by atoms with Crippen molar-refractivity contribution in [2.75, 3.05) is 0 Å². The zero-order chi connectivity index (χ0) is 14.7. The number of fused-ring (bicyclic) bond motifs is 3. The molecule has 0 N–H and O–H groups in total. The molecule has 2 aliphatic rings. The van der Waals surface area contributed by atoms with Crippen molar-refractivity contribution in [3.05, 3.63) is 83.0 Å². The van der Waals surface area contributed by atoms with Crippen molar-refractivity contribution in [1.29, 1.82) is 0 Å². The molecule has 0 aromatic heterocycles. The topological polar surface area (TPSA) is 0 Å². The van der Waals surface area contributed by atoms with Crippen LogP contribution in [0.5, 0.6) is 0 Å². The molecular weight excluding hydrogens is 414 g/mol. The van der Waals surface area contributed by atoms with E-state index in [2.05, 4.69) is 68.5 Å². The molecule has 24 heavy (non-hydrogen) atoms. The minimum Gasteiger partial charge on any atom is -1.00 e. The van der Waals surface area contributed by atoms with Gasteiger partial charge in [0.2, 0.25) is 0 Å². The summed E-state index contributed by atoms with van der Waals surface area (Å²) in [5, 5.41) is 0. The van der Waals surface area contributed by atoms with E-state index < -0.39 is 0 Å². The first-order valence-corrected chi connectivity index (χ1v) is 7.72. The van der Waals surface area contributed by atoms with Gasteiger partial charge in [0, 0.05) is 0 Å². The minimum atomic E-state index is 0. The number of halogens is 2. The van der Waals surface area contributed by atoms with Crippen molar-refractivity contribution in [2.24, 2.45) is 0 Å². The zero-order valence-electron chi connectivity index (χ0n) is 14.1. The summed E-state index contributed by atoms with van der Waals surface area (Å²) in [4.78, 5) is 0. The predicted molar refractivity (Wildman–Crippen MR) is 90.3 cm³/mol. The van der Waals surface area contributed by atoms with Gasteiger partial charge in [-0.25, -0.2) is 0 Å². The average molecular weight is 436 g/mol. The molecule has 0 atom stereocenters. The van der Waals surface area contributed by atoms with Crippen molar-refractivity contribution >= 4 is 0 Å². The molecule has 123 valence electrons. The molecule has 2 aliphatic carbocycles. The van der Waals surface area contributed by atoms with Crippen LogP contribution in [-0.4, -0.2) is 0 Å². The third-order valence-corrected chi connectivity index (χ3v) is 4.19. The van der Waals surface area contributed by atoms with E-state index in [0.717, 1.165) is 6.42 Å². The first kappa shape index (κ1) is 23.4. The quantitative estimate of drug-likeness (QED) is 0.462. The van der Waals surface area contributed by atoms with Crippen LogP contribution < -0.4 is 24.8 Å². The molecule has 0 amide bonds. The fourth-order valence-corrected chi connectivity index (χ4v) is 2.98. The molecule has 0 aliphatic heterocycles. The molecule has 3 heteroatoms. The van der Waals surface area contributed by atoms with E-state index in [1.807, 2.05) is 6.07 Å². The van der Waals surface area contributed by atoms with E-state index in [-0.39, 0.29) is 51.0 Å². The third kappa shape index (κ3) is 5.45. The standard InChI is InChI=1S/C13H9.C8H12.2ClH.Zr/c1-3-7-12-10(5-1)9-11-6-2-4-8-13(11)12;1-3-8-5-4-7(2)6-8;;;/h1-5,7-8H,9H2;4,6H,3,5H2,1-2H3;2*1H;/q-1;;;;+3/p-2. The van der Waals surface area contributed by atoms with Gasteiger partial charge in [0.25, 0.3) is 0 Å². The van der Waals surface area contributed by atoms with Crippen LogP contribution in [0.25, 0.3) is 11.1 Å². The summed E-state index contributed by atoms with van der Waals surface area (Å²) in [5.41, 5.74) is 8.51. The van der Waals surface area contributed by atoms with Gasteiger partial charge in [-0.05, 0) is 26.2 Å². The molecule has 4 rings (SSSR count). The van der Waals surface area contributed by atoms with Crippen molar-refractivity contribution in [1.82, 2.24) is 0 Å². The Bertz CT molecular complexity index is 674. The van der Waals surface area contributed by atoms with E-state index in [4.69, 9.17) is 0 Å². The SMILES string of the molecule is CCC1=CC(C)=CC1.[Cl-].[Cl-].[Zr+3].[c-]1cccc2c1Cc1ccccc1-2. The van der Waals surface area contributed by atoms with Gasteiger partial charge in [0.15, 0.2) is 0 Å². The van der Waals surface area contributed by atoms with Crippen LogP contribution in [-0.2, 0) is 32.6 Å². The number of benzene rings is 2. The summed E-state index contributed by atoms with van der Waals surface area (Å²) in [7, 11) is 0. The smallest absolute Gasteiger partial charge is 1.00 e. The van der Waals surface area contributed by atoms with E-state index in [1.165, 1.54) is 40.7 Å². The van der Waals surface area contributed by atoms with Crippen LogP contribution >= 0.6 is 0 Å². The molecule has 0 nitrogen and oxygen atoms in total. The molecule has 0 saturated heterocycles. The number of hydrogen-bond donors (Lipinski definition) is 0. The normalized spacial score (nSPS) is 12.8. The first-order valence-electron chi connectivity index (χ1n) is 7.72. The predicted octanol–water partition coefficient (Wildman–Crippen LogP) is -0.264. The van der Waals surface area contributed by atoms with Gasteiger partial charge in [-0.15, -0.1) is 5.56 Å². The van der Waals surface area contributed by atoms with Gasteiger partial charge in [-0.2, -0.15) is 29.8 Å². The zero-order valence-corrected chi connectivity index (χ0v) is 18.0. The molecule has 0 bridgehead atoms. The Balaban J connectivity index is 0.000000429. The van der Waals surface area contributed by atoms with Crippen molar-refractivity contribution in [2.45, 2.75) is 33.1 Å². The Labute approximate surface area is 177 Å². The maximum Gasteiger partial charge on any atom is 3.00 e. The van der Waals surface area contributed by atoms with Gasteiger partial charge in [0.1, 0.15) is 0 Å². The van der Waals surface area contributed by atoms with E-state index in [0.29, 0.717) is 0 Å². The van der Waals surface area contributed by atoms with Crippen LogP contribution in [0.2, 0.25) is 0 Å². The van der Waals surface area contributed by atoms with Crippen molar-refractivity contribution in [3.8, 4) is 11.1 Å². The van der Waals surface area contributed by atoms with E-state index in [1.54, 1.807) is 5.57 Å². The molecule has 0 saturated carbocycles. The summed E-state index contributed by atoms with van der Waals surface area (Å²) in [6.45, 7) is 4.36. The van der Waals surface area contributed by atoms with Crippen molar-refractivity contribution in [3.63, 3.8) is 0 Å². The summed E-state index contributed by atoms with van der Waals surface area (Å²) < 4.78 is 0. The van der Waals surface area contributed by atoms with Crippen LogP contribution in [0.1, 0.15) is 37.8 Å². The van der Waals surface area contributed by atoms with E-state index >= 15 is 0 Å². The summed E-state index contributed by atoms with van der Waals surface area (Å²) in [5.74, 6) is 0. The molecular formula is C21H21Cl2Zr. The summed E-state index contributed by atoms with van der Waals surface area (Å²) in [6, 6.07) is 18.1. The number of allylic oxidation sites excluding steroid dienone is 4. The maximum atomic E-state index is 3.30. The monoisotopic (exact) mass is 433 g/mol. The summed E-state index contributed by atoms with van der Waals surface area (Å²) in [6.07, 6.45) is 8.02. The Morgan fingerprint density at radius 1 is 1.00 bits per heavy atom. The maximum absolute atomic E-state index is 3.30. The van der Waals surface area contributed by atoms with Gasteiger partial charge in [-0.1, -0.05) is 65.6 Å². The molecule has 2 aromatic rings. The van der Waals surface area contributed by atoms with Crippen LogP contribution in [0.4, 0.5) is 0 Å². The Morgan fingerprint density at radius 3 is 2.33 bits per heavy atom. The second-order valence-corrected chi connectivity index (χ2v) is 5.70. The second-order valence-electron chi connectivity index (χ2n) is 5.70. The molecule has 2 aromatic carbocycles. The number of rotatable bonds is 1. The molecule has 0 fully saturated rings. The van der Waals surface area contributed by atoms with Gasteiger partial charge >= 0.3 is 26.2 Å². The Kier molecular flexibility index (Phi) is 10.8. The van der Waals surface area contributed by atoms with Gasteiger partial charge in [0.05, 0.1) is 0 Å². The molecule has 0 unspecified atom stereocenters. The molecule has 1 radical (unpaired) electrons. The molecule has 0 heterocycles. The third-order valence-electron chi connectivity index (χ3n) is 4.19. The van der Waals surface area contributed by atoms with Gasteiger partial charge < -0.3 is 24.8 Å². The summed E-state index contributed by atoms with van der Waals surface area (Å²) >= 11 is 0. The minimum absolute atomic E-state index is 0. The Hall–Kier alpha value is -0.617. The number of hydrogen-bond acceptors (Lipinski definition) is 0. The average Bonchev–Trinajstić information content (AvgIpc) is 3.11. The largest absolute Gasteiger partial charge is 3.00 e. The van der Waals surface area contributed by atoms with Crippen LogP contribution in [0, 0.1) is 6.07 Å². The molecule has 0 spiro atoms. The van der Waals surface area contributed by atoms with E-state index in [9.17, 15) is 0 Å². The fourth-order valence-electron chi connectivity index (χ4n) is 2.98. The van der Waals surface area contributed by atoms with Gasteiger partial charge in [-0.3, -0.25) is 0 Å². The Morgan fingerprint density at radius 2 is 1.71 bits per heavy atom. The van der Waals surface area contributed by atoms with Crippen LogP contribution in [0.15, 0.2) is 65.8 Å². The van der Waals surface area contributed by atoms with Crippen LogP contribution in [0.3, 0.4) is 0 Å². The van der Waals surface area contributed by atoms with Crippen molar-refractivity contribution < 1.29 is 51.0 Å². The first-order chi connectivity index (χ1) is 10.3. The second kappa shape index (κ2) is 11.1. The fraction of sp³-hybridized carbons (Fsp3) is 0.238.